The standard InChI is InChI=1S/C17H17ClN2O2.ClH/c1-20-7-5-11-13(18)2-3-14-16(11)12(9-20)15(22-14)8-10-4-6-19-17(10)21;/h2-3,8H,4-7,9H2,1H3,(H,19,21);1H/b10-8+;. The molecular formula is C17H18Cl2N2O2. The quantitative estimate of drug-likeness (QED) is 0.800. The van der Waals surface area contributed by atoms with Crippen LogP contribution in [-0.4, -0.2) is 30.9 Å². The Kier molecular flexibility index (Phi) is 4.41. The van der Waals surface area contributed by atoms with Crippen molar-refractivity contribution in [3.63, 3.8) is 0 Å². The van der Waals surface area contributed by atoms with Crippen LogP contribution in [0.25, 0.3) is 17.0 Å². The van der Waals surface area contributed by atoms with E-state index in [0.29, 0.717) is 6.54 Å². The summed E-state index contributed by atoms with van der Waals surface area (Å²) in [6.45, 7) is 2.47. The van der Waals surface area contributed by atoms with Gasteiger partial charge in [0, 0.05) is 41.2 Å². The van der Waals surface area contributed by atoms with E-state index in [2.05, 4.69) is 17.3 Å². The molecule has 1 aromatic heterocycles. The van der Waals surface area contributed by atoms with Gasteiger partial charge in [-0.05, 0) is 43.7 Å². The number of likely N-dealkylation sites (N-methyl/N-ethyl adjacent to an activating group) is 1. The molecule has 1 amide bonds. The molecule has 23 heavy (non-hydrogen) atoms. The van der Waals surface area contributed by atoms with E-state index >= 15 is 0 Å². The Hall–Kier alpha value is -1.49. The third-order valence-corrected chi connectivity index (χ3v) is 4.84. The van der Waals surface area contributed by atoms with Gasteiger partial charge in [0.25, 0.3) is 0 Å². The largest absolute Gasteiger partial charge is 0.456 e. The minimum atomic E-state index is 0. The molecule has 0 spiro atoms. The number of amides is 1. The summed E-state index contributed by atoms with van der Waals surface area (Å²) in [7, 11) is 2.10. The fourth-order valence-electron chi connectivity index (χ4n) is 3.32. The van der Waals surface area contributed by atoms with Crippen molar-refractivity contribution in [3.8, 4) is 0 Å². The molecule has 0 unspecified atom stereocenters. The van der Waals surface area contributed by atoms with Crippen LogP contribution in [0.4, 0.5) is 0 Å². The van der Waals surface area contributed by atoms with Crippen LogP contribution in [0.5, 0.6) is 0 Å². The van der Waals surface area contributed by atoms with E-state index in [0.717, 1.165) is 64.4 Å². The molecule has 2 aliphatic heterocycles. The summed E-state index contributed by atoms with van der Waals surface area (Å²) in [4.78, 5) is 14.1. The second kappa shape index (κ2) is 6.19. The predicted molar refractivity (Wildman–Crippen MR) is 94.1 cm³/mol. The molecule has 1 aromatic carbocycles. The molecule has 1 fully saturated rings. The molecule has 2 aliphatic rings. The molecular weight excluding hydrogens is 335 g/mol. The Bertz CT molecular complexity index is 811. The third kappa shape index (κ3) is 2.75. The summed E-state index contributed by atoms with van der Waals surface area (Å²) >= 11 is 6.39. The van der Waals surface area contributed by atoms with Gasteiger partial charge in [0.1, 0.15) is 11.3 Å². The Balaban J connectivity index is 0.00000156. The first kappa shape index (κ1) is 16.4. The SMILES string of the molecule is CN1CCc2c(Cl)ccc3oc(/C=C4\CCNC4=O)c(c23)C1.Cl. The zero-order valence-electron chi connectivity index (χ0n) is 12.8. The van der Waals surface area contributed by atoms with Crippen molar-refractivity contribution in [2.75, 3.05) is 20.1 Å². The molecule has 4 nitrogen and oxygen atoms in total. The van der Waals surface area contributed by atoms with Gasteiger partial charge in [-0.15, -0.1) is 12.4 Å². The first-order valence-corrected chi connectivity index (χ1v) is 7.91. The third-order valence-electron chi connectivity index (χ3n) is 4.49. The maximum absolute atomic E-state index is 11.8. The van der Waals surface area contributed by atoms with Crippen LogP contribution in [0.1, 0.15) is 23.3 Å². The van der Waals surface area contributed by atoms with Crippen molar-refractivity contribution in [1.82, 2.24) is 10.2 Å². The van der Waals surface area contributed by atoms with Crippen LogP contribution in [0.2, 0.25) is 5.02 Å². The van der Waals surface area contributed by atoms with Gasteiger partial charge in [-0.2, -0.15) is 0 Å². The highest BCUT2D eigenvalue weighted by atomic mass is 35.5. The highest BCUT2D eigenvalue weighted by molar-refractivity contribution is 6.32. The zero-order chi connectivity index (χ0) is 15.3. The van der Waals surface area contributed by atoms with E-state index in [1.54, 1.807) is 0 Å². The van der Waals surface area contributed by atoms with E-state index < -0.39 is 0 Å². The van der Waals surface area contributed by atoms with Gasteiger partial charge in [0.05, 0.1) is 0 Å². The minimum Gasteiger partial charge on any atom is -0.456 e. The van der Waals surface area contributed by atoms with Crippen LogP contribution in [0, 0.1) is 0 Å². The number of furan rings is 1. The normalized spacial score (nSPS) is 19.7. The molecule has 0 aliphatic carbocycles. The summed E-state index contributed by atoms with van der Waals surface area (Å²) in [5, 5.41) is 4.76. The number of hydrogen-bond acceptors (Lipinski definition) is 3. The van der Waals surface area contributed by atoms with Crippen molar-refractivity contribution in [1.29, 1.82) is 0 Å². The molecule has 6 heteroatoms. The number of nitrogens with zero attached hydrogens (tertiary/aromatic N) is 1. The first-order chi connectivity index (χ1) is 10.6. The summed E-state index contributed by atoms with van der Waals surface area (Å²) in [6, 6.07) is 3.82. The first-order valence-electron chi connectivity index (χ1n) is 7.53. The average molecular weight is 353 g/mol. The van der Waals surface area contributed by atoms with Crippen molar-refractivity contribution in [3.05, 3.63) is 39.6 Å². The molecule has 1 N–H and O–H groups in total. The van der Waals surface area contributed by atoms with Crippen LogP contribution >= 0.6 is 24.0 Å². The maximum Gasteiger partial charge on any atom is 0.247 e. The van der Waals surface area contributed by atoms with Gasteiger partial charge >= 0.3 is 0 Å². The second-order valence-corrected chi connectivity index (χ2v) is 6.41. The number of carbonyl (C=O) groups is 1. The van der Waals surface area contributed by atoms with Gasteiger partial charge in [0.2, 0.25) is 5.91 Å². The molecule has 0 bridgehead atoms. The van der Waals surface area contributed by atoms with Crippen LogP contribution in [0.15, 0.2) is 22.1 Å². The van der Waals surface area contributed by atoms with Crippen LogP contribution < -0.4 is 5.32 Å². The lowest BCUT2D eigenvalue weighted by Crippen LogP contribution is -2.18. The van der Waals surface area contributed by atoms with Gasteiger partial charge < -0.3 is 14.6 Å². The Morgan fingerprint density at radius 3 is 2.87 bits per heavy atom. The average Bonchev–Trinajstić information content (AvgIpc) is 2.98. The number of nitrogens with one attached hydrogen (secondary N) is 1. The van der Waals surface area contributed by atoms with E-state index in [9.17, 15) is 4.79 Å². The zero-order valence-corrected chi connectivity index (χ0v) is 14.4. The highest BCUT2D eigenvalue weighted by Gasteiger charge is 2.24. The number of benzene rings is 1. The van der Waals surface area contributed by atoms with Gasteiger partial charge in [0.15, 0.2) is 0 Å². The molecule has 0 radical (unpaired) electrons. The summed E-state index contributed by atoms with van der Waals surface area (Å²) in [6.07, 6.45) is 3.56. The Morgan fingerprint density at radius 2 is 2.13 bits per heavy atom. The molecule has 0 atom stereocenters. The predicted octanol–water partition coefficient (Wildman–Crippen LogP) is 3.40. The van der Waals surface area contributed by atoms with Gasteiger partial charge in [-0.25, -0.2) is 0 Å². The second-order valence-electron chi connectivity index (χ2n) is 6.01. The fraction of sp³-hybridized carbons (Fsp3) is 0.353. The van der Waals surface area contributed by atoms with Crippen LogP contribution in [-0.2, 0) is 17.8 Å². The number of carbonyl (C=O) groups excluding carboxylic acids is 1. The smallest absolute Gasteiger partial charge is 0.247 e. The lowest BCUT2D eigenvalue weighted by Gasteiger charge is -2.13. The summed E-state index contributed by atoms with van der Waals surface area (Å²) in [5.41, 5.74) is 3.94. The van der Waals surface area contributed by atoms with E-state index in [4.69, 9.17) is 16.0 Å². The highest BCUT2D eigenvalue weighted by Crippen LogP contribution is 2.37. The molecule has 3 heterocycles. The van der Waals surface area contributed by atoms with Crippen LogP contribution in [0.3, 0.4) is 0 Å². The van der Waals surface area contributed by atoms with E-state index in [-0.39, 0.29) is 18.3 Å². The lowest BCUT2D eigenvalue weighted by molar-refractivity contribution is -0.116. The van der Waals surface area contributed by atoms with Crippen molar-refractivity contribution in [2.24, 2.45) is 0 Å². The van der Waals surface area contributed by atoms with E-state index in [1.165, 1.54) is 0 Å². The molecule has 1 saturated heterocycles. The fourth-order valence-corrected chi connectivity index (χ4v) is 3.58. The molecule has 4 rings (SSSR count). The molecule has 0 saturated carbocycles. The van der Waals surface area contributed by atoms with Gasteiger partial charge in [-0.1, -0.05) is 11.6 Å². The number of halogens is 2. The number of hydrogen-bond donors (Lipinski definition) is 1. The Labute approximate surface area is 145 Å². The van der Waals surface area contributed by atoms with Crippen molar-refractivity contribution < 1.29 is 9.21 Å². The molecule has 2 aromatic rings. The maximum atomic E-state index is 11.8. The molecule has 122 valence electrons. The Morgan fingerprint density at radius 1 is 1.30 bits per heavy atom. The topological polar surface area (TPSA) is 45.5 Å². The lowest BCUT2D eigenvalue weighted by atomic mass is 10.0. The van der Waals surface area contributed by atoms with E-state index in [1.807, 2.05) is 18.2 Å². The summed E-state index contributed by atoms with van der Waals surface area (Å²) in [5.74, 6) is 0.798. The summed E-state index contributed by atoms with van der Waals surface area (Å²) < 4.78 is 6.04. The minimum absolute atomic E-state index is 0. The van der Waals surface area contributed by atoms with Gasteiger partial charge in [-0.3, -0.25) is 4.79 Å². The monoisotopic (exact) mass is 352 g/mol. The van der Waals surface area contributed by atoms with Crippen molar-refractivity contribution >= 4 is 47.0 Å². The van der Waals surface area contributed by atoms with Crippen molar-refractivity contribution in [2.45, 2.75) is 19.4 Å². The number of rotatable bonds is 1.